The van der Waals surface area contributed by atoms with Gasteiger partial charge in [0, 0.05) is 29.4 Å². The lowest BCUT2D eigenvalue weighted by atomic mass is 9.77. The van der Waals surface area contributed by atoms with Gasteiger partial charge in [0.25, 0.3) is 0 Å². The number of hydrogen-bond donors (Lipinski definition) is 1. The molecule has 1 aliphatic heterocycles. The molecule has 7 heteroatoms. The Hall–Kier alpha value is -1.44. The molecule has 0 radical (unpaired) electrons. The molecule has 0 spiro atoms. The van der Waals surface area contributed by atoms with E-state index in [0.29, 0.717) is 12.5 Å². The van der Waals surface area contributed by atoms with E-state index in [1.54, 1.807) is 7.11 Å². The molecule has 0 aromatic heterocycles. The fraction of sp³-hybridized carbons (Fsp3) is 0.696. The highest BCUT2D eigenvalue weighted by Crippen LogP contribution is 2.43. The number of carbonyl (C=O) groups excluding carboxylic acids is 1. The van der Waals surface area contributed by atoms with Gasteiger partial charge in [-0.15, -0.1) is 4.72 Å². The highest BCUT2D eigenvalue weighted by Gasteiger charge is 2.40. The molecule has 1 aromatic carbocycles. The summed E-state index contributed by atoms with van der Waals surface area (Å²) in [6.45, 7) is 8.19. The van der Waals surface area contributed by atoms with E-state index < -0.39 is 11.4 Å². The second kappa shape index (κ2) is 9.79. The maximum atomic E-state index is 12.8. The first-order valence-corrected chi connectivity index (χ1v) is 12.1. The Morgan fingerprint density at radius 2 is 1.97 bits per heavy atom. The van der Waals surface area contributed by atoms with Crippen molar-refractivity contribution in [3.05, 3.63) is 23.8 Å². The van der Waals surface area contributed by atoms with Crippen molar-refractivity contribution in [3.8, 4) is 11.5 Å². The number of nitrogens with one attached hydrogen (secondary N) is 1. The molecule has 3 atom stereocenters. The number of carbonyl (C=O) groups is 1. The van der Waals surface area contributed by atoms with Crippen molar-refractivity contribution in [2.75, 3.05) is 13.7 Å². The second-order valence-electron chi connectivity index (χ2n) is 9.21. The lowest BCUT2D eigenvalue weighted by molar-refractivity contribution is -0.149. The van der Waals surface area contributed by atoms with Crippen LogP contribution in [0.4, 0.5) is 0 Å². The number of hydrogen-bond acceptors (Lipinski definition) is 6. The predicted molar refractivity (Wildman–Crippen MR) is 118 cm³/mol. The summed E-state index contributed by atoms with van der Waals surface area (Å²) in [6, 6.07) is 5.79. The summed E-state index contributed by atoms with van der Waals surface area (Å²) in [4.78, 5) is 12.1. The van der Waals surface area contributed by atoms with E-state index in [2.05, 4.69) is 4.72 Å². The van der Waals surface area contributed by atoms with E-state index in [0.717, 1.165) is 49.2 Å². The first-order chi connectivity index (χ1) is 14.2. The third-order valence-corrected chi connectivity index (χ3v) is 7.68. The minimum absolute atomic E-state index is 0.000475. The molecule has 168 valence electrons. The molecule has 0 bridgehead atoms. The average molecular weight is 438 g/mol. The van der Waals surface area contributed by atoms with Crippen molar-refractivity contribution >= 4 is 17.3 Å². The molecular weight excluding hydrogens is 402 g/mol. The molecule has 0 saturated heterocycles. The van der Waals surface area contributed by atoms with Gasteiger partial charge in [-0.25, -0.2) is 0 Å². The Bertz CT molecular complexity index is 727. The van der Waals surface area contributed by atoms with Crippen molar-refractivity contribution in [2.24, 2.45) is 11.8 Å². The van der Waals surface area contributed by atoms with Crippen LogP contribution in [-0.4, -0.2) is 35.1 Å². The summed E-state index contributed by atoms with van der Waals surface area (Å²) in [5.41, 5.74) is 1.02. The van der Waals surface area contributed by atoms with E-state index in [9.17, 15) is 9.35 Å². The van der Waals surface area contributed by atoms with Crippen LogP contribution >= 0.6 is 0 Å². The van der Waals surface area contributed by atoms with Gasteiger partial charge in [-0.05, 0) is 71.4 Å². The Balaban J connectivity index is 1.74. The molecule has 1 fully saturated rings. The number of fused-ring (bicyclic) bond motifs is 1. The summed E-state index contributed by atoms with van der Waals surface area (Å²) in [7, 11) is 1.64. The van der Waals surface area contributed by atoms with Crippen molar-refractivity contribution in [1.82, 2.24) is 4.72 Å². The van der Waals surface area contributed by atoms with Gasteiger partial charge >= 0.3 is 5.97 Å². The van der Waals surface area contributed by atoms with Crippen LogP contribution in [0.2, 0.25) is 0 Å². The second-order valence-corrected chi connectivity index (χ2v) is 11.2. The molecule has 2 aliphatic rings. The number of esters is 1. The van der Waals surface area contributed by atoms with Gasteiger partial charge in [-0.2, -0.15) is 0 Å². The van der Waals surface area contributed by atoms with Gasteiger partial charge in [0.2, 0.25) is 0 Å². The molecule has 1 aromatic rings. The van der Waals surface area contributed by atoms with Crippen LogP contribution in [0.15, 0.2) is 18.2 Å². The van der Waals surface area contributed by atoms with Crippen LogP contribution in [0.3, 0.4) is 0 Å². The monoisotopic (exact) mass is 437 g/mol. The van der Waals surface area contributed by atoms with Gasteiger partial charge < -0.3 is 18.8 Å². The summed E-state index contributed by atoms with van der Waals surface area (Å²) in [5.74, 6) is 1.83. The lowest BCUT2D eigenvalue weighted by Crippen LogP contribution is -2.45. The van der Waals surface area contributed by atoms with Crippen LogP contribution < -0.4 is 14.2 Å². The third-order valence-electron chi connectivity index (χ3n) is 6.07. The van der Waals surface area contributed by atoms with Gasteiger partial charge in [-0.1, -0.05) is 0 Å². The minimum Gasteiger partial charge on any atom is -0.598 e. The number of ether oxygens (including phenoxy) is 3. The van der Waals surface area contributed by atoms with Crippen molar-refractivity contribution in [1.29, 1.82) is 0 Å². The molecular formula is C23H35NO5S. The molecule has 6 nitrogen and oxygen atoms in total. The van der Waals surface area contributed by atoms with Crippen LogP contribution in [0.5, 0.6) is 11.5 Å². The average Bonchev–Trinajstić information content (AvgIpc) is 2.72. The number of rotatable bonds is 6. The number of benzene rings is 1. The standard InChI is InChI=1S/C23H35NO5S/c1-6-28-22(25)16-9-7-15(8-10-16)20-14-19(24-30(26)23(2,3)4)18-12-11-17(27-5)13-21(18)29-20/h11-13,15-16,19-20,24H,6-10,14H2,1-5H3/t15?,16?,19-,20-,30?/m0/s1. The van der Waals surface area contributed by atoms with Crippen molar-refractivity contribution < 1.29 is 23.6 Å². The summed E-state index contributed by atoms with van der Waals surface area (Å²) in [6.07, 6.45) is 4.31. The maximum absolute atomic E-state index is 12.8. The molecule has 1 saturated carbocycles. The molecule has 1 heterocycles. The highest BCUT2D eigenvalue weighted by atomic mass is 32.2. The summed E-state index contributed by atoms with van der Waals surface area (Å²) in [5, 5.41) is 0. The molecule has 1 N–H and O–H groups in total. The molecule has 30 heavy (non-hydrogen) atoms. The van der Waals surface area contributed by atoms with Gasteiger partial charge in [0.1, 0.15) is 22.4 Å². The molecule has 1 aliphatic carbocycles. The number of methoxy groups -OCH3 is 1. The van der Waals surface area contributed by atoms with E-state index in [-0.39, 0.29) is 28.8 Å². The Morgan fingerprint density at radius 1 is 1.27 bits per heavy atom. The maximum Gasteiger partial charge on any atom is 0.308 e. The van der Waals surface area contributed by atoms with Crippen molar-refractivity contribution in [3.63, 3.8) is 0 Å². The Kier molecular flexibility index (Phi) is 7.58. The fourth-order valence-corrected chi connectivity index (χ4v) is 5.13. The zero-order valence-electron chi connectivity index (χ0n) is 18.7. The van der Waals surface area contributed by atoms with Crippen LogP contribution in [0.1, 0.15) is 71.4 Å². The Labute approximate surface area is 183 Å². The molecule has 3 rings (SSSR count). The Morgan fingerprint density at radius 3 is 2.57 bits per heavy atom. The fourth-order valence-electron chi connectivity index (χ4n) is 4.30. The minimum atomic E-state index is -1.18. The van der Waals surface area contributed by atoms with Crippen LogP contribution in [0, 0.1) is 11.8 Å². The first kappa shape index (κ1) is 23.2. The quantitative estimate of drug-likeness (QED) is 0.528. The van der Waals surface area contributed by atoms with Crippen molar-refractivity contribution in [2.45, 2.75) is 76.7 Å². The topological polar surface area (TPSA) is 79.9 Å². The first-order valence-electron chi connectivity index (χ1n) is 10.9. The lowest BCUT2D eigenvalue weighted by Gasteiger charge is -2.39. The van der Waals surface area contributed by atoms with Crippen LogP contribution in [-0.2, 0) is 20.9 Å². The van der Waals surface area contributed by atoms with Gasteiger partial charge in [0.15, 0.2) is 0 Å². The third kappa shape index (κ3) is 5.42. The van der Waals surface area contributed by atoms with Gasteiger partial charge in [-0.3, -0.25) is 4.79 Å². The zero-order valence-corrected chi connectivity index (χ0v) is 19.6. The molecule has 1 unspecified atom stereocenters. The molecule has 0 amide bonds. The predicted octanol–water partition coefficient (Wildman–Crippen LogP) is 4.31. The summed E-state index contributed by atoms with van der Waals surface area (Å²) < 4.78 is 32.8. The van der Waals surface area contributed by atoms with E-state index in [1.807, 2.05) is 45.9 Å². The van der Waals surface area contributed by atoms with Gasteiger partial charge in [0.05, 0.1) is 25.7 Å². The van der Waals surface area contributed by atoms with E-state index >= 15 is 0 Å². The normalized spacial score (nSPS) is 27.5. The largest absolute Gasteiger partial charge is 0.598 e. The SMILES string of the molecule is CCOC(=O)C1CCC([C@@H]2C[C@H](N[S+]([O-])C(C)(C)C)c3ccc(OC)cc3O2)CC1. The smallest absolute Gasteiger partial charge is 0.308 e. The summed E-state index contributed by atoms with van der Waals surface area (Å²) >= 11 is -1.18. The van der Waals surface area contributed by atoms with E-state index in [4.69, 9.17) is 14.2 Å². The highest BCUT2D eigenvalue weighted by molar-refractivity contribution is 7.90. The van der Waals surface area contributed by atoms with E-state index in [1.165, 1.54) is 0 Å². The van der Waals surface area contributed by atoms with Crippen LogP contribution in [0.25, 0.3) is 0 Å². The zero-order chi connectivity index (χ0) is 21.9.